The quantitative estimate of drug-likeness (QED) is 0.647. The Morgan fingerprint density at radius 3 is 2.67 bits per heavy atom. The van der Waals surface area contributed by atoms with Crippen molar-refractivity contribution in [2.24, 2.45) is 0 Å². The fourth-order valence-electron chi connectivity index (χ4n) is 1.60. The van der Waals surface area contributed by atoms with Crippen LogP contribution in [0.4, 0.5) is 0 Å². The predicted octanol–water partition coefficient (Wildman–Crippen LogP) is 2.89. The topological polar surface area (TPSA) is 63.6 Å². The molecule has 0 radical (unpaired) electrons. The van der Waals surface area contributed by atoms with Gasteiger partial charge in [-0.3, -0.25) is 0 Å². The number of hydrogen-bond donors (Lipinski definition) is 1. The molecule has 0 aliphatic heterocycles. The third-order valence-electron chi connectivity index (χ3n) is 2.43. The van der Waals surface area contributed by atoms with Crippen LogP contribution in [0.2, 0.25) is 0 Å². The summed E-state index contributed by atoms with van der Waals surface area (Å²) in [6.45, 7) is 2.04. The van der Waals surface area contributed by atoms with Gasteiger partial charge in [0.05, 0.1) is 17.7 Å². The summed E-state index contributed by atoms with van der Waals surface area (Å²) < 4.78 is 4.95. The average Bonchev–Trinajstić information content (AvgIpc) is 2.36. The molecule has 0 unspecified atom stereocenters. The molecule has 0 fully saturated rings. The second-order valence-electron chi connectivity index (χ2n) is 3.69. The fraction of sp³-hybridized carbons (Fsp3) is 0.385. The molecule has 0 saturated carbocycles. The summed E-state index contributed by atoms with van der Waals surface area (Å²) in [5.74, 6) is -1.40. The average molecular weight is 315 g/mol. The monoisotopic (exact) mass is 314 g/mol. The van der Waals surface area contributed by atoms with Crippen molar-refractivity contribution in [3.8, 4) is 0 Å². The van der Waals surface area contributed by atoms with Crippen LogP contribution in [0.15, 0.2) is 18.2 Å². The van der Waals surface area contributed by atoms with Gasteiger partial charge in [0.2, 0.25) is 0 Å². The minimum absolute atomic E-state index is 0.188. The van der Waals surface area contributed by atoms with Gasteiger partial charge < -0.3 is 9.84 Å². The summed E-state index contributed by atoms with van der Waals surface area (Å²) in [5, 5.41) is 9.74. The Morgan fingerprint density at radius 1 is 1.39 bits per heavy atom. The lowest BCUT2D eigenvalue weighted by molar-refractivity contribution is 0.0523. The van der Waals surface area contributed by atoms with Crippen molar-refractivity contribution in [3.63, 3.8) is 0 Å². The van der Waals surface area contributed by atoms with E-state index in [1.54, 1.807) is 6.92 Å². The zero-order valence-electron chi connectivity index (χ0n) is 10.1. The number of carbonyl (C=O) groups is 2. The molecule has 0 heterocycles. The Morgan fingerprint density at radius 2 is 2.11 bits per heavy atom. The Bertz CT molecular complexity index is 443. The van der Waals surface area contributed by atoms with Crippen LogP contribution in [0.25, 0.3) is 0 Å². The van der Waals surface area contributed by atoms with Gasteiger partial charge in [-0.25, -0.2) is 9.59 Å². The Balaban J connectivity index is 3.07. The summed E-state index contributed by atoms with van der Waals surface area (Å²) in [7, 11) is 0. The minimum Gasteiger partial charge on any atom is -0.478 e. The van der Waals surface area contributed by atoms with Crippen molar-refractivity contribution in [3.05, 3.63) is 34.9 Å². The van der Waals surface area contributed by atoms with Gasteiger partial charge in [-0.15, -0.1) is 0 Å². The first-order valence-electron chi connectivity index (χ1n) is 5.69. The number of rotatable bonds is 6. The third kappa shape index (κ3) is 3.84. The van der Waals surface area contributed by atoms with Crippen molar-refractivity contribution < 1.29 is 19.4 Å². The number of hydrogen-bond acceptors (Lipinski definition) is 3. The second kappa shape index (κ2) is 7.16. The van der Waals surface area contributed by atoms with Crippen LogP contribution < -0.4 is 0 Å². The number of carbonyl (C=O) groups excluding carboxylic acids is 1. The van der Waals surface area contributed by atoms with Crippen LogP contribution in [0.1, 0.15) is 39.6 Å². The lowest BCUT2D eigenvalue weighted by Gasteiger charge is -2.09. The smallest absolute Gasteiger partial charge is 0.338 e. The van der Waals surface area contributed by atoms with E-state index in [1.807, 2.05) is 0 Å². The van der Waals surface area contributed by atoms with Gasteiger partial charge in [0, 0.05) is 5.33 Å². The van der Waals surface area contributed by atoms with Gasteiger partial charge in [0.1, 0.15) is 0 Å². The number of aryl methyl sites for hydroxylation is 1. The highest BCUT2D eigenvalue weighted by molar-refractivity contribution is 9.09. The summed E-state index contributed by atoms with van der Waals surface area (Å²) in [4.78, 5) is 22.6. The van der Waals surface area contributed by atoms with E-state index in [4.69, 9.17) is 9.84 Å². The number of carboxylic acid groups (broad SMARTS) is 1. The maximum atomic E-state index is 11.7. The van der Waals surface area contributed by atoms with Crippen molar-refractivity contribution in [1.82, 2.24) is 0 Å². The summed E-state index contributed by atoms with van der Waals surface area (Å²) in [6, 6.07) is 4.48. The standard InChI is InChI=1S/C13H15BrO4/c1-2-18-13(17)11-6-5-10(12(15)16)8-9(11)4-3-7-14/h5-6,8H,2-4,7H2,1H3,(H,15,16). The minimum atomic E-state index is -0.995. The predicted molar refractivity (Wildman–Crippen MR) is 71.5 cm³/mol. The van der Waals surface area contributed by atoms with E-state index in [-0.39, 0.29) is 5.56 Å². The molecule has 0 amide bonds. The molecule has 0 aromatic heterocycles. The molecule has 4 nitrogen and oxygen atoms in total. The molecule has 0 saturated heterocycles. The molecule has 0 bridgehead atoms. The van der Waals surface area contributed by atoms with E-state index < -0.39 is 11.9 Å². The molecule has 0 aliphatic carbocycles. The molecule has 98 valence electrons. The van der Waals surface area contributed by atoms with E-state index >= 15 is 0 Å². The lowest BCUT2D eigenvalue weighted by atomic mass is 10.00. The molecule has 1 rings (SSSR count). The first-order chi connectivity index (χ1) is 8.60. The number of ether oxygens (including phenoxy) is 1. The normalized spacial score (nSPS) is 10.1. The van der Waals surface area contributed by atoms with E-state index in [9.17, 15) is 9.59 Å². The van der Waals surface area contributed by atoms with E-state index in [2.05, 4.69) is 15.9 Å². The molecular weight excluding hydrogens is 300 g/mol. The lowest BCUT2D eigenvalue weighted by Crippen LogP contribution is -2.10. The summed E-state index contributed by atoms with van der Waals surface area (Å²) in [6.07, 6.45) is 1.47. The molecule has 0 aliphatic rings. The largest absolute Gasteiger partial charge is 0.478 e. The van der Waals surface area contributed by atoms with Crippen molar-refractivity contribution in [2.75, 3.05) is 11.9 Å². The number of aromatic carboxylic acids is 1. The first kappa shape index (κ1) is 14.7. The number of benzene rings is 1. The maximum absolute atomic E-state index is 11.7. The molecule has 1 N–H and O–H groups in total. The zero-order valence-corrected chi connectivity index (χ0v) is 11.7. The third-order valence-corrected chi connectivity index (χ3v) is 2.99. The van der Waals surface area contributed by atoms with Gasteiger partial charge in [-0.2, -0.15) is 0 Å². The molecule has 18 heavy (non-hydrogen) atoms. The Kier molecular flexibility index (Phi) is 5.85. The SMILES string of the molecule is CCOC(=O)c1ccc(C(=O)O)cc1CCCBr. The molecular formula is C13H15BrO4. The van der Waals surface area contributed by atoms with Crippen LogP contribution in [-0.2, 0) is 11.2 Å². The number of halogens is 1. The number of alkyl halides is 1. The first-order valence-corrected chi connectivity index (χ1v) is 6.81. The Labute approximate surface area is 114 Å². The van der Waals surface area contributed by atoms with Crippen LogP contribution >= 0.6 is 15.9 Å². The number of carboxylic acids is 1. The maximum Gasteiger partial charge on any atom is 0.338 e. The fourth-order valence-corrected chi connectivity index (χ4v) is 1.88. The van der Waals surface area contributed by atoms with E-state index in [0.29, 0.717) is 24.2 Å². The van der Waals surface area contributed by atoms with Gasteiger partial charge >= 0.3 is 11.9 Å². The molecule has 5 heteroatoms. The van der Waals surface area contributed by atoms with Crippen molar-refractivity contribution in [2.45, 2.75) is 19.8 Å². The molecule has 0 atom stereocenters. The van der Waals surface area contributed by atoms with Crippen molar-refractivity contribution in [1.29, 1.82) is 0 Å². The zero-order chi connectivity index (χ0) is 13.5. The highest BCUT2D eigenvalue weighted by Crippen LogP contribution is 2.16. The Hall–Kier alpha value is -1.36. The van der Waals surface area contributed by atoms with Gasteiger partial charge in [-0.1, -0.05) is 15.9 Å². The molecule has 1 aromatic rings. The summed E-state index contributed by atoms with van der Waals surface area (Å²) in [5.41, 5.74) is 1.35. The van der Waals surface area contributed by atoms with Crippen LogP contribution in [0, 0.1) is 0 Å². The van der Waals surface area contributed by atoms with Gasteiger partial charge in [-0.05, 0) is 43.5 Å². The van der Waals surface area contributed by atoms with Crippen LogP contribution in [-0.4, -0.2) is 29.0 Å². The van der Waals surface area contributed by atoms with E-state index in [0.717, 1.165) is 11.8 Å². The van der Waals surface area contributed by atoms with Crippen LogP contribution in [0.3, 0.4) is 0 Å². The molecule has 1 aromatic carbocycles. The van der Waals surface area contributed by atoms with Gasteiger partial charge in [0.25, 0.3) is 0 Å². The van der Waals surface area contributed by atoms with Gasteiger partial charge in [0.15, 0.2) is 0 Å². The molecule has 0 spiro atoms. The van der Waals surface area contributed by atoms with Crippen LogP contribution in [0.5, 0.6) is 0 Å². The highest BCUT2D eigenvalue weighted by atomic mass is 79.9. The highest BCUT2D eigenvalue weighted by Gasteiger charge is 2.14. The summed E-state index contributed by atoms with van der Waals surface area (Å²) >= 11 is 3.31. The van der Waals surface area contributed by atoms with Crippen molar-refractivity contribution >= 4 is 27.9 Å². The number of esters is 1. The van der Waals surface area contributed by atoms with E-state index in [1.165, 1.54) is 18.2 Å². The second-order valence-corrected chi connectivity index (χ2v) is 4.48.